The van der Waals surface area contributed by atoms with Gasteiger partial charge in [0.15, 0.2) is 0 Å². The van der Waals surface area contributed by atoms with Crippen LogP contribution in [-0.4, -0.2) is 29.2 Å². The summed E-state index contributed by atoms with van der Waals surface area (Å²) in [6, 6.07) is 11.5. The second kappa shape index (κ2) is 6.75. The Bertz CT molecular complexity index is 959. The van der Waals surface area contributed by atoms with Gasteiger partial charge in [0.25, 0.3) is 5.91 Å². The van der Waals surface area contributed by atoms with E-state index in [2.05, 4.69) is 4.99 Å². The molecule has 26 heavy (non-hydrogen) atoms. The van der Waals surface area contributed by atoms with Crippen LogP contribution in [-0.2, 0) is 9.59 Å². The molecule has 1 fully saturated rings. The van der Waals surface area contributed by atoms with Crippen molar-refractivity contribution in [2.75, 3.05) is 6.54 Å². The van der Waals surface area contributed by atoms with E-state index in [1.54, 1.807) is 17.0 Å². The van der Waals surface area contributed by atoms with Gasteiger partial charge < -0.3 is 4.74 Å². The number of carbonyl (C=O) groups is 2. The van der Waals surface area contributed by atoms with Crippen LogP contribution in [0.15, 0.2) is 47.1 Å². The third-order valence-corrected chi connectivity index (χ3v) is 4.77. The van der Waals surface area contributed by atoms with Crippen molar-refractivity contribution in [1.29, 1.82) is 0 Å². The van der Waals surface area contributed by atoms with Gasteiger partial charge >= 0.3 is 5.97 Å². The van der Waals surface area contributed by atoms with E-state index in [4.69, 9.17) is 4.74 Å². The zero-order valence-electron chi connectivity index (χ0n) is 14.7. The van der Waals surface area contributed by atoms with Crippen molar-refractivity contribution in [3.8, 4) is 5.75 Å². The summed E-state index contributed by atoms with van der Waals surface area (Å²) in [5.41, 5.74) is 1.12. The normalized spacial score (nSPS) is 18.7. The summed E-state index contributed by atoms with van der Waals surface area (Å²) in [5.74, 6) is 0.841. The number of hydrogen-bond acceptors (Lipinski definition) is 4. The van der Waals surface area contributed by atoms with E-state index >= 15 is 0 Å². The van der Waals surface area contributed by atoms with Gasteiger partial charge in [0.2, 0.25) is 0 Å². The van der Waals surface area contributed by atoms with E-state index in [-0.39, 0.29) is 5.91 Å². The summed E-state index contributed by atoms with van der Waals surface area (Å²) in [7, 11) is 0. The highest BCUT2D eigenvalue weighted by molar-refractivity contribution is 6.15. The number of benzene rings is 2. The first-order valence-electron chi connectivity index (χ1n) is 8.95. The average Bonchev–Trinajstić information content (AvgIpc) is 2.80. The molecule has 0 bridgehead atoms. The van der Waals surface area contributed by atoms with Gasteiger partial charge in [0.05, 0.1) is 0 Å². The number of aliphatic imine (C=N–C) groups is 1. The Morgan fingerprint density at radius 3 is 2.85 bits per heavy atom. The zero-order valence-corrected chi connectivity index (χ0v) is 14.7. The lowest BCUT2D eigenvalue weighted by molar-refractivity contribution is -0.131. The zero-order chi connectivity index (χ0) is 18.1. The molecule has 2 aromatic carbocycles. The van der Waals surface area contributed by atoms with Crippen molar-refractivity contribution in [3.05, 3.63) is 47.7 Å². The van der Waals surface area contributed by atoms with Crippen LogP contribution in [0.1, 0.15) is 38.2 Å². The maximum atomic E-state index is 12.8. The summed E-state index contributed by atoms with van der Waals surface area (Å²) >= 11 is 0. The van der Waals surface area contributed by atoms with Crippen LogP contribution in [0.5, 0.6) is 5.75 Å². The highest BCUT2D eigenvalue weighted by Crippen LogP contribution is 2.32. The van der Waals surface area contributed by atoms with Crippen molar-refractivity contribution >= 4 is 34.6 Å². The molecule has 0 N–H and O–H groups in total. The fourth-order valence-corrected chi connectivity index (χ4v) is 3.55. The number of esters is 1. The van der Waals surface area contributed by atoms with E-state index in [0.29, 0.717) is 17.0 Å². The van der Waals surface area contributed by atoms with Gasteiger partial charge in [-0.2, -0.15) is 0 Å². The first-order valence-corrected chi connectivity index (χ1v) is 8.95. The summed E-state index contributed by atoms with van der Waals surface area (Å²) in [6.07, 6.45) is 5.77. The summed E-state index contributed by atoms with van der Waals surface area (Å²) in [4.78, 5) is 30.7. The Hall–Kier alpha value is -2.95. The molecule has 0 saturated carbocycles. The van der Waals surface area contributed by atoms with Crippen LogP contribution in [0, 0.1) is 0 Å². The molecule has 1 amide bonds. The van der Waals surface area contributed by atoms with Crippen molar-refractivity contribution in [2.45, 2.75) is 32.6 Å². The first-order chi connectivity index (χ1) is 12.6. The summed E-state index contributed by atoms with van der Waals surface area (Å²) in [6.45, 7) is 2.10. The Morgan fingerprint density at radius 2 is 2.00 bits per heavy atom. The van der Waals surface area contributed by atoms with E-state index < -0.39 is 5.97 Å². The minimum absolute atomic E-state index is 0.0661. The van der Waals surface area contributed by atoms with E-state index in [0.717, 1.165) is 48.8 Å². The third-order valence-electron chi connectivity index (χ3n) is 4.77. The number of amidine groups is 1. The van der Waals surface area contributed by atoms with Crippen LogP contribution in [0.2, 0.25) is 0 Å². The number of fused-ring (bicyclic) bond motifs is 2. The van der Waals surface area contributed by atoms with Crippen LogP contribution in [0.4, 0.5) is 0 Å². The maximum Gasteiger partial charge on any atom is 0.308 e. The lowest BCUT2D eigenvalue weighted by Gasteiger charge is -2.14. The second-order valence-electron chi connectivity index (χ2n) is 6.62. The van der Waals surface area contributed by atoms with E-state index in [9.17, 15) is 9.59 Å². The van der Waals surface area contributed by atoms with Gasteiger partial charge in [0, 0.05) is 25.5 Å². The molecular formula is C21H20N2O3. The minimum Gasteiger partial charge on any atom is -0.426 e. The fraction of sp³-hybridized carbons (Fsp3) is 0.286. The number of nitrogens with zero attached hydrogens (tertiary/aromatic N) is 2. The topological polar surface area (TPSA) is 59.0 Å². The molecule has 1 saturated heterocycles. The van der Waals surface area contributed by atoms with Gasteiger partial charge in [-0.15, -0.1) is 0 Å². The number of rotatable bonds is 2. The first kappa shape index (κ1) is 16.5. The van der Waals surface area contributed by atoms with Crippen LogP contribution < -0.4 is 4.74 Å². The number of carbonyl (C=O) groups excluding carboxylic acids is 2. The molecule has 2 aliphatic rings. The summed E-state index contributed by atoms with van der Waals surface area (Å²) in [5, 5.41) is 1.94. The van der Waals surface area contributed by atoms with Crippen molar-refractivity contribution < 1.29 is 14.3 Å². The standard InChI is InChI=1S/C21H20N2O3/c1-14(24)26-19-11-10-15-7-4-5-8-16(15)17(19)13-18-21(25)23-12-6-2-3-9-20(23)22-18/h4-5,7-8,10-11,13H,2-3,6,9,12H2,1H3/b18-13-. The third kappa shape index (κ3) is 3.01. The van der Waals surface area contributed by atoms with Gasteiger partial charge in [-0.3, -0.25) is 14.5 Å². The van der Waals surface area contributed by atoms with Crippen molar-refractivity contribution in [2.24, 2.45) is 4.99 Å². The van der Waals surface area contributed by atoms with Crippen molar-refractivity contribution in [3.63, 3.8) is 0 Å². The number of hydrogen-bond donors (Lipinski definition) is 0. The quantitative estimate of drug-likeness (QED) is 0.469. The van der Waals surface area contributed by atoms with Crippen LogP contribution >= 0.6 is 0 Å². The molecule has 4 rings (SSSR count). The molecule has 0 spiro atoms. The lowest BCUT2D eigenvalue weighted by Crippen LogP contribution is -2.31. The van der Waals surface area contributed by atoms with Gasteiger partial charge in [-0.05, 0) is 35.8 Å². The Balaban J connectivity index is 1.84. The molecule has 2 aliphatic heterocycles. The smallest absolute Gasteiger partial charge is 0.308 e. The lowest BCUT2D eigenvalue weighted by atomic mass is 10.0. The molecule has 5 heteroatoms. The molecular weight excluding hydrogens is 328 g/mol. The Labute approximate surface area is 152 Å². The van der Waals surface area contributed by atoms with Gasteiger partial charge in [-0.1, -0.05) is 36.8 Å². The Kier molecular flexibility index (Phi) is 4.29. The molecule has 2 aromatic rings. The van der Waals surface area contributed by atoms with Gasteiger partial charge in [-0.25, -0.2) is 4.99 Å². The minimum atomic E-state index is -0.391. The monoisotopic (exact) mass is 348 g/mol. The number of ether oxygens (including phenoxy) is 1. The van der Waals surface area contributed by atoms with Crippen LogP contribution in [0.25, 0.3) is 16.8 Å². The average molecular weight is 348 g/mol. The fourth-order valence-electron chi connectivity index (χ4n) is 3.55. The molecule has 0 aliphatic carbocycles. The molecule has 0 aromatic heterocycles. The highest BCUT2D eigenvalue weighted by Gasteiger charge is 2.31. The Morgan fingerprint density at radius 1 is 1.15 bits per heavy atom. The summed E-state index contributed by atoms with van der Waals surface area (Å²) < 4.78 is 5.38. The molecule has 5 nitrogen and oxygen atoms in total. The van der Waals surface area contributed by atoms with E-state index in [1.165, 1.54) is 6.92 Å². The largest absolute Gasteiger partial charge is 0.426 e. The second-order valence-corrected chi connectivity index (χ2v) is 6.62. The molecule has 0 radical (unpaired) electrons. The molecule has 0 unspecified atom stereocenters. The highest BCUT2D eigenvalue weighted by atomic mass is 16.5. The van der Waals surface area contributed by atoms with E-state index in [1.807, 2.05) is 30.3 Å². The number of amides is 1. The predicted octanol–water partition coefficient (Wildman–Crippen LogP) is 3.92. The maximum absolute atomic E-state index is 12.8. The molecule has 132 valence electrons. The predicted molar refractivity (Wildman–Crippen MR) is 101 cm³/mol. The van der Waals surface area contributed by atoms with Crippen molar-refractivity contribution in [1.82, 2.24) is 4.90 Å². The molecule has 2 heterocycles. The van der Waals surface area contributed by atoms with Gasteiger partial charge in [0.1, 0.15) is 17.3 Å². The van der Waals surface area contributed by atoms with Crippen LogP contribution in [0.3, 0.4) is 0 Å². The molecule has 0 atom stereocenters. The SMILES string of the molecule is CC(=O)Oc1ccc2ccccc2c1/C=C1\N=C2CCCCCN2C1=O.